The smallest absolute Gasteiger partial charge is 0.175 e. The quantitative estimate of drug-likeness (QED) is 0.432. The molecule has 1 aliphatic heterocycles. The minimum absolute atomic E-state index is 0.560. The fourth-order valence-electron chi connectivity index (χ4n) is 2.66. The minimum atomic E-state index is -0.560. The van der Waals surface area contributed by atoms with E-state index in [1.165, 1.54) is 11.4 Å². The van der Waals surface area contributed by atoms with E-state index >= 15 is 0 Å². The molecule has 5 nitrogen and oxygen atoms in total. The number of anilines is 3. The van der Waals surface area contributed by atoms with Crippen molar-refractivity contribution in [3.63, 3.8) is 0 Å². The van der Waals surface area contributed by atoms with Crippen LogP contribution in [0.5, 0.6) is 0 Å². The molecule has 0 unspecified atom stereocenters. The van der Waals surface area contributed by atoms with E-state index < -0.39 is 8.37 Å². The first kappa shape index (κ1) is 17.0. The fourth-order valence-corrected chi connectivity index (χ4v) is 4.76. The monoisotopic (exact) mass is 359 g/mol. The predicted octanol–water partition coefficient (Wildman–Crippen LogP) is 3.38. The number of fused-ring (bicyclic) bond motifs is 1. The van der Waals surface area contributed by atoms with Gasteiger partial charge in [-0.25, -0.2) is 0 Å². The summed E-state index contributed by atoms with van der Waals surface area (Å²) >= 11 is 5.32. The van der Waals surface area contributed by atoms with Gasteiger partial charge in [0.15, 0.2) is 13.5 Å². The molecule has 1 aliphatic rings. The van der Waals surface area contributed by atoms with E-state index in [0.29, 0.717) is 5.11 Å². The summed E-state index contributed by atoms with van der Waals surface area (Å²) in [6, 6.07) is 18.4. The van der Waals surface area contributed by atoms with Gasteiger partial charge in [-0.3, -0.25) is 5.09 Å². The molecule has 0 saturated heterocycles. The van der Waals surface area contributed by atoms with Crippen molar-refractivity contribution in [2.75, 3.05) is 41.8 Å². The highest BCUT2D eigenvalue weighted by Crippen LogP contribution is 2.54. The van der Waals surface area contributed by atoms with E-state index in [9.17, 15) is 0 Å². The Bertz CT molecular complexity index is 667. The van der Waals surface area contributed by atoms with Gasteiger partial charge in [0.25, 0.3) is 0 Å². The number of nitrogens with one attached hydrogen (secondary N) is 3. The summed E-state index contributed by atoms with van der Waals surface area (Å²) in [4.78, 5) is 0. The van der Waals surface area contributed by atoms with Crippen molar-refractivity contribution >= 4 is 42.8 Å². The summed E-state index contributed by atoms with van der Waals surface area (Å²) in [5.74, 6) is 0. The second kappa shape index (κ2) is 7.79. The van der Waals surface area contributed by atoms with Crippen molar-refractivity contribution in [3.8, 4) is 0 Å². The van der Waals surface area contributed by atoms with Gasteiger partial charge in [-0.15, -0.1) is 0 Å². The van der Waals surface area contributed by atoms with E-state index in [1.807, 2.05) is 30.3 Å². The highest BCUT2D eigenvalue weighted by Gasteiger charge is 2.30. The number of hydrogen-bond acceptors (Lipinski definition) is 4. The summed E-state index contributed by atoms with van der Waals surface area (Å²) in [7, 11) is 3.71. The van der Waals surface area contributed by atoms with Gasteiger partial charge >= 0.3 is 0 Å². The van der Waals surface area contributed by atoms with Crippen molar-refractivity contribution in [3.05, 3.63) is 54.6 Å². The molecule has 0 saturated carbocycles. The lowest BCUT2D eigenvalue weighted by atomic mass is 10.3. The van der Waals surface area contributed by atoms with Gasteiger partial charge in [-0.05, 0) is 36.5 Å². The second-order valence-electron chi connectivity index (χ2n) is 5.48. The van der Waals surface area contributed by atoms with Gasteiger partial charge in [0.05, 0.1) is 11.4 Å². The molecule has 0 radical (unpaired) electrons. The molecule has 2 aromatic rings. The third-order valence-corrected chi connectivity index (χ3v) is 6.16. The van der Waals surface area contributed by atoms with E-state index in [2.05, 4.69) is 63.4 Å². The molecule has 2 aromatic carbocycles. The lowest BCUT2D eigenvalue weighted by Crippen LogP contribution is -2.35. The van der Waals surface area contributed by atoms with Crippen LogP contribution in [0.4, 0.5) is 17.1 Å². The molecule has 0 aromatic heterocycles. The van der Waals surface area contributed by atoms with E-state index in [-0.39, 0.29) is 0 Å². The van der Waals surface area contributed by atoms with Gasteiger partial charge in [-0.1, -0.05) is 30.3 Å². The summed E-state index contributed by atoms with van der Waals surface area (Å²) in [6.07, 6.45) is 0. The molecule has 0 bridgehead atoms. The summed E-state index contributed by atoms with van der Waals surface area (Å²) in [5.41, 5.74) is 3.54. The van der Waals surface area contributed by atoms with Crippen LogP contribution in [0.2, 0.25) is 0 Å². The number of para-hydroxylation sites is 3. The molecule has 0 amide bonds. The topological polar surface area (TPSA) is 42.6 Å². The first-order chi connectivity index (χ1) is 11.7. The maximum Gasteiger partial charge on any atom is 0.175 e. The molecule has 1 heterocycles. The van der Waals surface area contributed by atoms with Crippen LogP contribution in [0.1, 0.15) is 0 Å². The van der Waals surface area contributed by atoms with Gasteiger partial charge in [0, 0.05) is 32.9 Å². The van der Waals surface area contributed by atoms with Gasteiger partial charge in [-0.2, -0.15) is 0 Å². The minimum Gasteiger partial charge on any atom is -0.361 e. The van der Waals surface area contributed by atoms with Gasteiger partial charge < -0.3 is 20.0 Å². The molecule has 7 heteroatoms. The Hall–Kier alpha value is -1.88. The van der Waals surface area contributed by atoms with Crippen LogP contribution in [0.25, 0.3) is 0 Å². The molecule has 0 fully saturated rings. The summed E-state index contributed by atoms with van der Waals surface area (Å²) < 4.78 is 4.62. The van der Waals surface area contributed by atoms with E-state index in [4.69, 9.17) is 12.2 Å². The summed E-state index contributed by atoms with van der Waals surface area (Å²) in [5, 5.41) is 10.7. The first-order valence-corrected chi connectivity index (χ1v) is 9.52. The number of benzene rings is 2. The lowest BCUT2D eigenvalue weighted by molar-refractivity contribution is 0.833. The number of rotatable bonds is 5. The largest absolute Gasteiger partial charge is 0.361 e. The first-order valence-electron chi connectivity index (χ1n) is 7.86. The maximum atomic E-state index is 5.32. The molecular weight excluding hydrogens is 337 g/mol. The van der Waals surface area contributed by atoms with Crippen molar-refractivity contribution in [1.82, 2.24) is 10.4 Å². The Morgan fingerprint density at radius 1 is 0.917 bits per heavy atom. The SMILES string of the molecule is CN1c2ccccc2N(C)P1NCCNC(=S)Nc1ccccc1. The van der Waals surface area contributed by atoms with Gasteiger partial charge in [0.2, 0.25) is 0 Å². The van der Waals surface area contributed by atoms with Crippen LogP contribution in [0.3, 0.4) is 0 Å². The third-order valence-electron chi connectivity index (χ3n) is 3.84. The van der Waals surface area contributed by atoms with Gasteiger partial charge in [0.1, 0.15) is 0 Å². The van der Waals surface area contributed by atoms with Crippen molar-refractivity contribution in [2.45, 2.75) is 0 Å². The van der Waals surface area contributed by atoms with Crippen molar-refractivity contribution in [1.29, 1.82) is 0 Å². The molecule has 24 heavy (non-hydrogen) atoms. The Balaban J connectivity index is 1.43. The van der Waals surface area contributed by atoms with Crippen LogP contribution < -0.4 is 25.1 Å². The molecule has 3 N–H and O–H groups in total. The third kappa shape index (κ3) is 3.78. The standard InChI is InChI=1S/C17H22N5PS/c1-21-15-10-6-7-11-16(15)22(2)23(21)19-13-12-18-17(24)20-14-8-4-3-5-9-14/h3-11,19H,12-13H2,1-2H3,(H2,18,20,24). The highest BCUT2D eigenvalue weighted by molar-refractivity contribution is 7.80. The van der Waals surface area contributed by atoms with Crippen molar-refractivity contribution < 1.29 is 0 Å². The average Bonchev–Trinajstić information content (AvgIpc) is 2.84. The highest BCUT2D eigenvalue weighted by atomic mass is 32.1. The lowest BCUT2D eigenvalue weighted by Gasteiger charge is -2.27. The normalized spacial score (nSPS) is 13.8. The van der Waals surface area contributed by atoms with E-state index in [0.717, 1.165) is 18.8 Å². The maximum absolute atomic E-state index is 5.32. The van der Waals surface area contributed by atoms with Crippen LogP contribution in [-0.4, -0.2) is 32.3 Å². The number of nitrogens with zero attached hydrogens (tertiary/aromatic N) is 2. The Morgan fingerprint density at radius 3 is 2.12 bits per heavy atom. The summed E-state index contributed by atoms with van der Waals surface area (Å²) in [6.45, 7) is 1.61. The van der Waals surface area contributed by atoms with Crippen LogP contribution in [-0.2, 0) is 0 Å². The Kier molecular flexibility index (Phi) is 5.51. The van der Waals surface area contributed by atoms with Crippen LogP contribution >= 0.6 is 20.6 Å². The zero-order chi connectivity index (χ0) is 16.9. The molecule has 126 valence electrons. The zero-order valence-corrected chi connectivity index (χ0v) is 15.6. The molecule has 0 atom stereocenters. The van der Waals surface area contributed by atoms with Crippen molar-refractivity contribution in [2.24, 2.45) is 0 Å². The zero-order valence-electron chi connectivity index (χ0n) is 13.9. The van der Waals surface area contributed by atoms with Crippen LogP contribution in [0, 0.1) is 0 Å². The molecule has 3 rings (SSSR count). The number of thiocarbonyl (C=S) groups is 1. The average molecular weight is 359 g/mol. The molecule has 0 spiro atoms. The predicted molar refractivity (Wildman–Crippen MR) is 109 cm³/mol. The number of hydrogen-bond donors (Lipinski definition) is 3. The molecule has 0 aliphatic carbocycles. The Morgan fingerprint density at radius 2 is 1.50 bits per heavy atom. The van der Waals surface area contributed by atoms with Crippen LogP contribution in [0.15, 0.2) is 54.6 Å². The molecular formula is C17H22N5PS. The van der Waals surface area contributed by atoms with E-state index in [1.54, 1.807) is 0 Å². The second-order valence-corrected chi connectivity index (χ2v) is 7.98. The Labute approximate surface area is 150 Å². The fraction of sp³-hybridized carbons (Fsp3) is 0.235.